The average molecular weight is 314 g/mol. The number of hydrogen-bond donors (Lipinski definition) is 3. The fraction of sp³-hybridized carbons (Fsp3) is 0.786. The summed E-state index contributed by atoms with van der Waals surface area (Å²) in [4.78, 5) is 0. The van der Waals surface area contributed by atoms with Crippen molar-refractivity contribution in [1.82, 2.24) is 20.2 Å². The topological polar surface area (TPSA) is 86.9 Å². The van der Waals surface area contributed by atoms with Crippen molar-refractivity contribution in [2.45, 2.75) is 64.1 Å². The molecule has 1 aliphatic carbocycles. The summed E-state index contributed by atoms with van der Waals surface area (Å²) in [6, 6.07) is 0.292. The Bertz CT molecular complexity index is 559. The van der Waals surface area contributed by atoms with E-state index in [2.05, 4.69) is 27.2 Å². The van der Waals surface area contributed by atoms with Crippen LogP contribution in [0, 0.1) is 5.41 Å². The summed E-state index contributed by atoms with van der Waals surface area (Å²) < 4.78 is 27.6. The molecule has 7 heteroatoms. The second kappa shape index (κ2) is 6.46. The third-order valence-electron chi connectivity index (χ3n) is 4.15. The number of H-pyrrole nitrogens is 1. The molecule has 0 aromatic carbocycles. The van der Waals surface area contributed by atoms with Crippen LogP contribution in [0.5, 0.6) is 0 Å². The van der Waals surface area contributed by atoms with E-state index in [0.717, 1.165) is 12.8 Å². The molecule has 2 rings (SSSR count). The largest absolute Gasteiger partial charge is 0.310 e. The third kappa shape index (κ3) is 4.28. The van der Waals surface area contributed by atoms with Gasteiger partial charge in [0.1, 0.15) is 0 Å². The second-order valence-corrected chi connectivity index (χ2v) is 8.31. The zero-order valence-corrected chi connectivity index (χ0v) is 13.9. The summed E-state index contributed by atoms with van der Waals surface area (Å²) in [6.45, 7) is 7.17. The van der Waals surface area contributed by atoms with Gasteiger partial charge in [0.15, 0.2) is 5.03 Å². The Morgan fingerprint density at radius 1 is 1.38 bits per heavy atom. The minimum absolute atomic E-state index is 0.0867. The quantitative estimate of drug-likeness (QED) is 0.716. The molecule has 1 aromatic heterocycles. The Morgan fingerprint density at radius 2 is 2.05 bits per heavy atom. The highest BCUT2D eigenvalue weighted by atomic mass is 32.2. The molecule has 3 N–H and O–H groups in total. The molecule has 0 bridgehead atoms. The van der Waals surface area contributed by atoms with Crippen LogP contribution in [-0.2, 0) is 16.6 Å². The van der Waals surface area contributed by atoms with E-state index in [1.54, 1.807) is 6.20 Å². The highest BCUT2D eigenvalue weighted by molar-refractivity contribution is 7.89. The molecule has 0 atom stereocenters. The van der Waals surface area contributed by atoms with Gasteiger partial charge in [0.25, 0.3) is 10.0 Å². The highest BCUT2D eigenvalue weighted by Gasteiger charge is 2.31. The van der Waals surface area contributed by atoms with Gasteiger partial charge in [-0.25, -0.2) is 13.1 Å². The Kier molecular flexibility index (Phi) is 5.06. The number of rotatable bonds is 7. The Morgan fingerprint density at radius 3 is 2.67 bits per heavy atom. The molecule has 0 saturated heterocycles. The monoisotopic (exact) mass is 314 g/mol. The molecule has 1 saturated carbocycles. The summed E-state index contributed by atoms with van der Waals surface area (Å²) in [5.74, 6) is 0. The van der Waals surface area contributed by atoms with Crippen molar-refractivity contribution in [3.05, 3.63) is 11.8 Å². The van der Waals surface area contributed by atoms with E-state index >= 15 is 0 Å². The van der Waals surface area contributed by atoms with Crippen molar-refractivity contribution in [1.29, 1.82) is 0 Å². The maximum atomic E-state index is 12.4. The normalized spacial score (nSPS) is 18.5. The highest BCUT2D eigenvalue weighted by Crippen LogP contribution is 2.37. The van der Waals surface area contributed by atoms with Crippen LogP contribution in [0.4, 0.5) is 0 Å². The van der Waals surface area contributed by atoms with Crippen molar-refractivity contribution in [3.8, 4) is 0 Å². The van der Waals surface area contributed by atoms with Crippen LogP contribution < -0.4 is 10.0 Å². The van der Waals surface area contributed by atoms with E-state index in [0.29, 0.717) is 24.7 Å². The minimum Gasteiger partial charge on any atom is -0.310 e. The Balaban J connectivity index is 2.04. The number of aromatic amines is 1. The van der Waals surface area contributed by atoms with Gasteiger partial charge < -0.3 is 5.32 Å². The zero-order valence-electron chi connectivity index (χ0n) is 13.1. The lowest BCUT2D eigenvalue weighted by atomic mass is 9.89. The van der Waals surface area contributed by atoms with Gasteiger partial charge in [0, 0.05) is 24.7 Å². The summed E-state index contributed by atoms with van der Waals surface area (Å²) in [5, 5.41) is 9.89. The first-order valence-electron chi connectivity index (χ1n) is 7.58. The summed E-state index contributed by atoms with van der Waals surface area (Å²) >= 11 is 0. The van der Waals surface area contributed by atoms with Crippen LogP contribution in [0.15, 0.2) is 11.2 Å². The van der Waals surface area contributed by atoms with Gasteiger partial charge in [0.05, 0.1) is 6.20 Å². The molecular formula is C14H26N4O2S. The van der Waals surface area contributed by atoms with Crippen LogP contribution >= 0.6 is 0 Å². The van der Waals surface area contributed by atoms with Crippen molar-refractivity contribution in [3.63, 3.8) is 0 Å². The molecule has 0 unspecified atom stereocenters. The number of sulfonamides is 1. The molecule has 1 aromatic rings. The van der Waals surface area contributed by atoms with Crippen molar-refractivity contribution >= 4 is 10.0 Å². The number of nitrogens with one attached hydrogen (secondary N) is 3. The van der Waals surface area contributed by atoms with Gasteiger partial charge in [-0.2, -0.15) is 5.10 Å². The molecule has 0 amide bonds. The molecule has 1 aliphatic rings. The van der Waals surface area contributed by atoms with Crippen molar-refractivity contribution in [2.75, 3.05) is 6.54 Å². The SMILES string of the molecule is CC(C)NCc1cn[nH]c1S(=O)(=O)NCC1(C)CCCC1. The zero-order chi connectivity index (χ0) is 15.5. The summed E-state index contributed by atoms with van der Waals surface area (Å²) in [6.07, 6.45) is 6.11. The molecule has 0 spiro atoms. The molecule has 0 aliphatic heterocycles. The minimum atomic E-state index is -3.53. The van der Waals surface area contributed by atoms with Crippen LogP contribution in [-0.4, -0.2) is 31.2 Å². The second-order valence-electron chi connectivity index (χ2n) is 6.60. The van der Waals surface area contributed by atoms with E-state index in [1.165, 1.54) is 12.8 Å². The van der Waals surface area contributed by atoms with Crippen molar-refractivity contribution < 1.29 is 8.42 Å². The standard InChI is InChI=1S/C14H26N4O2S/c1-11(2)15-8-12-9-16-18-13(12)21(19,20)17-10-14(3)6-4-5-7-14/h9,11,15,17H,4-8,10H2,1-3H3,(H,16,18). The predicted octanol–water partition coefficient (Wildman–Crippen LogP) is 1.77. The number of hydrogen-bond acceptors (Lipinski definition) is 4. The van der Waals surface area contributed by atoms with Crippen LogP contribution in [0.3, 0.4) is 0 Å². The smallest absolute Gasteiger partial charge is 0.257 e. The van der Waals surface area contributed by atoms with E-state index in [-0.39, 0.29) is 10.4 Å². The molecule has 1 heterocycles. The van der Waals surface area contributed by atoms with E-state index in [4.69, 9.17) is 0 Å². The van der Waals surface area contributed by atoms with Crippen LogP contribution in [0.25, 0.3) is 0 Å². The van der Waals surface area contributed by atoms with Gasteiger partial charge in [-0.3, -0.25) is 5.10 Å². The van der Waals surface area contributed by atoms with Gasteiger partial charge in [0.2, 0.25) is 0 Å². The number of nitrogens with zero attached hydrogens (tertiary/aromatic N) is 1. The maximum Gasteiger partial charge on any atom is 0.257 e. The molecule has 21 heavy (non-hydrogen) atoms. The number of aromatic nitrogens is 2. The Hall–Kier alpha value is -0.920. The summed E-state index contributed by atoms with van der Waals surface area (Å²) in [5.41, 5.74) is 0.761. The average Bonchev–Trinajstić information content (AvgIpc) is 3.04. The lowest BCUT2D eigenvalue weighted by Crippen LogP contribution is -2.35. The molecule has 0 radical (unpaired) electrons. The molecule has 6 nitrogen and oxygen atoms in total. The molecule has 1 fully saturated rings. The van der Waals surface area contributed by atoms with Crippen molar-refractivity contribution in [2.24, 2.45) is 5.41 Å². The lowest BCUT2D eigenvalue weighted by molar-refractivity contribution is 0.336. The third-order valence-corrected chi connectivity index (χ3v) is 5.56. The van der Waals surface area contributed by atoms with Gasteiger partial charge >= 0.3 is 0 Å². The van der Waals surface area contributed by atoms with E-state index in [9.17, 15) is 8.42 Å². The Labute approximate surface area is 127 Å². The van der Waals surface area contributed by atoms with Gasteiger partial charge in [-0.15, -0.1) is 0 Å². The first-order valence-corrected chi connectivity index (χ1v) is 9.06. The fourth-order valence-corrected chi connectivity index (χ4v) is 4.04. The van der Waals surface area contributed by atoms with E-state index in [1.807, 2.05) is 13.8 Å². The van der Waals surface area contributed by atoms with Gasteiger partial charge in [-0.1, -0.05) is 33.6 Å². The molecular weight excluding hydrogens is 288 g/mol. The maximum absolute atomic E-state index is 12.4. The van der Waals surface area contributed by atoms with Crippen LogP contribution in [0.2, 0.25) is 0 Å². The lowest BCUT2D eigenvalue weighted by Gasteiger charge is -2.23. The first kappa shape index (κ1) is 16.5. The molecule has 120 valence electrons. The fourth-order valence-electron chi connectivity index (χ4n) is 2.72. The predicted molar refractivity (Wildman–Crippen MR) is 82.3 cm³/mol. The van der Waals surface area contributed by atoms with E-state index < -0.39 is 10.0 Å². The summed E-state index contributed by atoms with van der Waals surface area (Å²) in [7, 11) is -3.53. The van der Waals surface area contributed by atoms with Crippen LogP contribution in [0.1, 0.15) is 52.0 Å². The van der Waals surface area contributed by atoms with Gasteiger partial charge in [-0.05, 0) is 18.3 Å². The first-order chi connectivity index (χ1) is 9.82.